The second kappa shape index (κ2) is 10.0. The molecule has 1 saturated heterocycles. The molecule has 2 aromatic carbocycles. The lowest BCUT2D eigenvalue weighted by atomic mass is 9.85. The molecule has 1 unspecified atom stereocenters. The number of benzene rings is 2. The lowest BCUT2D eigenvalue weighted by molar-refractivity contribution is -0.144. The molecule has 41 heavy (non-hydrogen) atoms. The highest BCUT2D eigenvalue weighted by Crippen LogP contribution is 2.46. The first-order chi connectivity index (χ1) is 19.6. The summed E-state index contributed by atoms with van der Waals surface area (Å²) in [6.45, 7) is -0.400. The average Bonchev–Trinajstić information content (AvgIpc) is 3.58. The number of aryl methyl sites for hydroxylation is 2. The predicted octanol–water partition coefficient (Wildman–Crippen LogP) is 3.17. The quantitative estimate of drug-likeness (QED) is 0.453. The second-order valence-corrected chi connectivity index (χ2v) is 10.8. The highest BCUT2D eigenvalue weighted by Gasteiger charge is 2.58. The van der Waals surface area contributed by atoms with Crippen molar-refractivity contribution in [1.82, 2.24) is 24.9 Å². The largest absolute Gasteiger partial charge is 0.465 e. The predicted molar refractivity (Wildman–Crippen MR) is 142 cm³/mol. The number of carbonyl (C=O) groups is 4. The molecule has 3 aromatic rings. The van der Waals surface area contributed by atoms with E-state index >= 15 is 0 Å². The van der Waals surface area contributed by atoms with Gasteiger partial charge in [-0.25, -0.2) is 18.9 Å². The van der Waals surface area contributed by atoms with Crippen LogP contribution in [-0.4, -0.2) is 67.3 Å². The Morgan fingerprint density at radius 3 is 2.61 bits per heavy atom. The van der Waals surface area contributed by atoms with Crippen molar-refractivity contribution in [2.24, 2.45) is 7.05 Å². The maximum absolute atomic E-state index is 13.7. The molecule has 2 heterocycles. The van der Waals surface area contributed by atoms with Gasteiger partial charge in [-0.2, -0.15) is 5.10 Å². The summed E-state index contributed by atoms with van der Waals surface area (Å²) < 4.78 is 20.9. The number of ether oxygens (including phenoxy) is 1. The number of imide groups is 1. The van der Waals surface area contributed by atoms with Gasteiger partial charge in [0.1, 0.15) is 12.4 Å². The summed E-state index contributed by atoms with van der Waals surface area (Å²) >= 11 is 0. The smallest absolute Gasteiger partial charge is 0.418 e. The molecule has 2 N–H and O–H groups in total. The monoisotopic (exact) mass is 561 g/mol. The Bertz CT molecular complexity index is 1550. The molecule has 11 nitrogen and oxygen atoms in total. The van der Waals surface area contributed by atoms with Gasteiger partial charge in [-0.1, -0.05) is 30.3 Å². The Kier molecular flexibility index (Phi) is 6.47. The fourth-order valence-electron chi connectivity index (χ4n) is 5.97. The van der Waals surface area contributed by atoms with Gasteiger partial charge in [-0.3, -0.25) is 14.3 Å². The van der Waals surface area contributed by atoms with Crippen LogP contribution in [0.2, 0.25) is 0 Å². The van der Waals surface area contributed by atoms with Gasteiger partial charge in [0.2, 0.25) is 11.5 Å². The Morgan fingerprint density at radius 2 is 1.93 bits per heavy atom. The van der Waals surface area contributed by atoms with E-state index in [4.69, 9.17) is 9.84 Å². The van der Waals surface area contributed by atoms with Crippen LogP contribution in [0.3, 0.4) is 0 Å². The topological polar surface area (TPSA) is 134 Å². The highest BCUT2D eigenvalue weighted by molar-refractivity contribution is 6.06. The third-order valence-corrected chi connectivity index (χ3v) is 8.16. The third kappa shape index (κ3) is 4.79. The van der Waals surface area contributed by atoms with Crippen LogP contribution in [0.4, 0.5) is 14.0 Å². The summed E-state index contributed by atoms with van der Waals surface area (Å²) in [5, 5.41) is 15.6. The van der Waals surface area contributed by atoms with Crippen LogP contribution in [0, 0.1) is 5.82 Å². The van der Waals surface area contributed by atoms with Gasteiger partial charge in [-0.15, -0.1) is 0 Å². The molecule has 4 amide bonds. The van der Waals surface area contributed by atoms with Gasteiger partial charge in [0.25, 0.3) is 5.91 Å². The number of hydrogen-bond donors (Lipinski definition) is 2. The van der Waals surface area contributed by atoms with Gasteiger partial charge in [0.05, 0.1) is 6.20 Å². The molecule has 1 aliphatic heterocycles. The number of halogens is 1. The fraction of sp³-hybridized carbons (Fsp3) is 0.345. The molecule has 2 fully saturated rings. The van der Waals surface area contributed by atoms with E-state index in [1.807, 2.05) is 25.4 Å². The molecule has 1 spiro atoms. The van der Waals surface area contributed by atoms with E-state index < -0.39 is 42.0 Å². The van der Waals surface area contributed by atoms with Gasteiger partial charge in [-0.05, 0) is 48.1 Å². The number of rotatable bonds is 7. The standard InChI is InChI=1S/C29H28FN5O6/c1-33-15-20(13-31-33)18-4-7-24-19(10-18)8-9-29(24)26(37)35(28(40)41-29)16-25(36)34(14-17-2-5-21(30)6-3-17)23-11-22(12-23)32-27(38)39/h2-7,10,13,15,22-23,32H,8-9,11-12,14,16H2,1H3,(H,38,39). The third-order valence-electron chi connectivity index (χ3n) is 8.16. The SMILES string of the molecule is Cn1cc(-c2ccc3c(c2)CCC32OC(=O)N(CC(=O)N(Cc3ccc(F)cc3)C3CC(NC(=O)O)C3)C2=O)cn1. The Labute approximate surface area is 234 Å². The van der Waals surface area contributed by atoms with Crippen LogP contribution in [0.15, 0.2) is 54.9 Å². The van der Waals surface area contributed by atoms with E-state index in [0.29, 0.717) is 30.4 Å². The number of nitrogens with zero attached hydrogens (tertiary/aromatic N) is 4. The number of amides is 4. The van der Waals surface area contributed by atoms with Gasteiger partial charge >= 0.3 is 12.2 Å². The van der Waals surface area contributed by atoms with Gasteiger partial charge < -0.3 is 20.1 Å². The number of aromatic nitrogens is 2. The minimum absolute atomic E-state index is 0.117. The normalized spacial score (nSPS) is 22.8. The molecule has 1 aromatic heterocycles. The van der Waals surface area contributed by atoms with Crippen molar-refractivity contribution in [2.75, 3.05) is 6.54 Å². The maximum atomic E-state index is 13.7. The maximum Gasteiger partial charge on any atom is 0.418 e. The zero-order valence-corrected chi connectivity index (χ0v) is 22.2. The lowest BCUT2D eigenvalue weighted by Gasteiger charge is -2.43. The molecule has 6 rings (SSSR count). The summed E-state index contributed by atoms with van der Waals surface area (Å²) in [6.07, 6.45) is 3.18. The molecule has 1 saturated carbocycles. The van der Waals surface area contributed by atoms with Gasteiger partial charge in [0, 0.05) is 49.4 Å². The van der Waals surface area contributed by atoms with Crippen molar-refractivity contribution >= 4 is 24.0 Å². The number of hydrogen-bond acceptors (Lipinski definition) is 6. The molecule has 212 valence electrons. The van der Waals surface area contributed by atoms with Crippen molar-refractivity contribution in [2.45, 2.75) is 49.9 Å². The number of carbonyl (C=O) groups excluding carboxylic acids is 3. The van der Waals surface area contributed by atoms with Crippen LogP contribution in [-0.2, 0) is 39.9 Å². The summed E-state index contributed by atoms with van der Waals surface area (Å²) in [5.41, 5.74) is 2.56. The van der Waals surface area contributed by atoms with E-state index in [1.54, 1.807) is 29.1 Å². The minimum Gasteiger partial charge on any atom is -0.465 e. The van der Waals surface area contributed by atoms with Crippen LogP contribution in [0.5, 0.6) is 0 Å². The molecular formula is C29H28FN5O6. The number of carboxylic acid groups (broad SMARTS) is 1. The first kappa shape index (κ1) is 26.5. The average molecular weight is 562 g/mol. The first-order valence-corrected chi connectivity index (χ1v) is 13.3. The molecular weight excluding hydrogens is 533 g/mol. The molecule has 0 radical (unpaired) electrons. The van der Waals surface area contributed by atoms with Crippen molar-refractivity contribution in [3.05, 3.63) is 77.4 Å². The van der Waals surface area contributed by atoms with Crippen LogP contribution >= 0.6 is 0 Å². The number of fused-ring (bicyclic) bond motifs is 2. The van der Waals surface area contributed by atoms with Gasteiger partial charge in [0.15, 0.2) is 0 Å². The molecule has 3 aliphatic rings. The summed E-state index contributed by atoms with van der Waals surface area (Å²) in [4.78, 5) is 53.7. The Morgan fingerprint density at radius 1 is 1.17 bits per heavy atom. The number of nitrogens with one attached hydrogen (secondary N) is 1. The summed E-state index contributed by atoms with van der Waals surface area (Å²) in [6, 6.07) is 10.7. The second-order valence-electron chi connectivity index (χ2n) is 10.8. The van der Waals surface area contributed by atoms with Crippen LogP contribution < -0.4 is 5.32 Å². The summed E-state index contributed by atoms with van der Waals surface area (Å²) in [7, 11) is 1.83. The van der Waals surface area contributed by atoms with Crippen molar-refractivity contribution in [1.29, 1.82) is 0 Å². The van der Waals surface area contributed by atoms with Crippen LogP contribution in [0.1, 0.15) is 36.0 Å². The van der Waals surface area contributed by atoms with E-state index in [9.17, 15) is 23.6 Å². The first-order valence-electron chi connectivity index (χ1n) is 13.3. The van der Waals surface area contributed by atoms with Crippen molar-refractivity contribution in [3.63, 3.8) is 0 Å². The lowest BCUT2D eigenvalue weighted by Crippen LogP contribution is -2.56. The van der Waals surface area contributed by atoms with Crippen molar-refractivity contribution < 1.29 is 33.4 Å². The van der Waals surface area contributed by atoms with Crippen LogP contribution in [0.25, 0.3) is 11.1 Å². The molecule has 0 bridgehead atoms. The van der Waals surface area contributed by atoms with E-state index in [0.717, 1.165) is 21.6 Å². The minimum atomic E-state index is -1.48. The summed E-state index contributed by atoms with van der Waals surface area (Å²) in [5.74, 6) is -1.48. The highest BCUT2D eigenvalue weighted by atomic mass is 19.1. The zero-order chi connectivity index (χ0) is 28.9. The van der Waals surface area contributed by atoms with Crippen molar-refractivity contribution in [3.8, 4) is 11.1 Å². The molecule has 2 aliphatic carbocycles. The molecule has 12 heteroatoms. The van der Waals surface area contributed by atoms with E-state index in [-0.39, 0.29) is 25.0 Å². The molecule has 1 atom stereocenters. The van der Waals surface area contributed by atoms with E-state index in [1.165, 1.54) is 17.0 Å². The Hall–Kier alpha value is -4.74. The fourth-order valence-corrected chi connectivity index (χ4v) is 5.97. The van der Waals surface area contributed by atoms with E-state index in [2.05, 4.69) is 10.4 Å². The Balaban J connectivity index is 1.21. The zero-order valence-electron chi connectivity index (χ0n) is 22.2.